The number of nitrogens with two attached hydrogens (primary N) is 2. The number of anilines is 1. The lowest BCUT2D eigenvalue weighted by molar-refractivity contribution is -0.275. The monoisotopic (exact) mass is 265 g/mol. The predicted octanol–water partition coefficient (Wildman–Crippen LogP) is 0.648. The molecule has 0 atom stereocenters. The number of carboxylic acids is 1. The lowest BCUT2D eigenvalue weighted by Gasteiger charge is -2.16. The number of nitrogen functional groups attached to an aromatic ring is 1. The number of alkyl halides is 3. The number of pyridine rings is 1. The number of carboxylic acid groups (broad SMARTS) is 1. The molecule has 0 saturated heterocycles. The minimum atomic E-state index is -4.97. The maximum Gasteiger partial charge on any atom is 0.573 e. The minimum absolute atomic E-state index is 0.0715. The molecule has 1 aromatic heterocycles. The number of ether oxygens (including phenoxy) is 1. The number of carbonyl (C=O) groups is 1. The van der Waals surface area contributed by atoms with Crippen LogP contribution in [0.4, 0.5) is 19.0 Å². The molecular formula is C9H10F3N3O3. The Bertz CT molecular complexity index is 462. The Morgan fingerprint density at radius 3 is 2.56 bits per heavy atom. The second-order valence-electron chi connectivity index (χ2n) is 3.30. The molecule has 0 radical (unpaired) electrons. The fourth-order valence-electron chi connectivity index (χ4n) is 1.30. The van der Waals surface area contributed by atoms with E-state index in [9.17, 15) is 18.0 Å². The van der Waals surface area contributed by atoms with Crippen molar-refractivity contribution in [2.75, 3.05) is 5.73 Å². The lowest BCUT2D eigenvalue weighted by Crippen LogP contribution is -2.21. The summed E-state index contributed by atoms with van der Waals surface area (Å²) in [6, 6.07) is 0. The van der Waals surface area contributed by atoms with Gasteiger partial charge in [0.05, 0.1) is 6.42 Å². The smallest absolute Gasteiger partial charge is 0.481 e. The van der Waals surface area contributed by atoms with Gasteiger partial charge in [0.1, 0.15) is 11.6 Å². The molecule has 9 heteroatoms. The van der Waals surface area contributed by atoms with Gasteiger partial charge in [-0.05, 0) is 0 Å². The third-order valence-electron chi connectivity index (χ3n) is 2.00. The maximum atomic E-state index is 12.2. The summed E-state index contributed by atoms with van der Waals surface area (Å²) in [5.41, 5.74) is 10.2. The van der Waals surface area contributed by atoms with Gasteiger partial charge in [-0.25, -0.2) is 4.98 Å². The van der Waals surface area contributed by atoms with Crippen LogP contribution >= 0.6 is 0 Å². The Morgan fingerprint density at radius 2 is 2.11 bits per heavy atom. The molecule has 0 aliphatic carbocycles. The molecule has 0 aliphatic rings. The van der Waals surface area contributed by atoms with Crippen molar-refractivity contribution in [2.45, 2.75) is 19.3 Å². The SMILES string of the molecule is NCc1cnc(N)c(CC(=O)O)c1OC(F)(F)F. The van der Waals surface area contributed by atoms with Crippen LogP contribution in [0.25, 0.3) is 0 Å². The molecule has 1 rings (SSSR count). The Hall–Kier alpha value is -2.03. The van der Waals surface area contributed by atoms with Crippen LogP contribution in [0.2, 0.25) is 0 Å². The van der Waals surface area contributed by atoms with Crippen LogP contribution < -0.4 is 16.2 Å². The first-order valence-corrected chi connectivity index (χ1v) is 4.68. The second kappa shape index (κ2) is 5.08. The van der Waals surface area contributed by atoms with Crippen molar-refractivity contribution in [1.29, 1.82) is 0 Å². The highest BCUT2D eigenvalue weighted by atomic mass is 19.4. The number of nitrogens with zero attached hydrogens (tertiary/aromatic N) is 1. The summed E-state index contributed by atoms with van der Waals surface area (Å²) in [6.07, 6.45) is -4.69. The Kier molecular flexibility index (Phi) is 3.96. The summed E-state index contributed by atoms with van der Waals surface area (Å²) in [7, 11) is 0. The van der Waals surface area contributed by atoms with Gasteiger partial charge in [-0.3, -0.25) is 4.79 Å². The van der Waals surface area contributed by atoms with Gasteiger partial charge in [-0.15, -0.1) is 13.2 Å². The van der Waals surface area contributed by atoms with E-state index < -0.39 is 24.5 Å². The van der Waals surface area contributed by atoms with Crippen molar-refractivity contribution in [1.82, 2.24) is 4.98 Å². The number of halogens is 3. The van der Waals surface area contributed by atoms with E-state index in [1.807, 2.05) is 0 Å². The standard InChI is InChI=1S/C9H10F3N3O3/c10-9(11,12)18-7-4(2-13)3-15-8(14)5(7)1-6(16)17/h3H,1-2,13H2,(H2,14,15)(H,16,17). The first-order chi connectivity index (χ1) is 8.24. The van der Waals surface area contributed by atoms with Crippen molar-refractivity contribution in [3.05, 3.63) is 17.3 Å². The zero-order valence-electron chi connectivity index (χ0n) is 8.99. The van der Waals surface area contributed by atoms with Gasteiger partial charge in [0.2, 0.25) is 0 Å². The highest BCUT2D eigenvalue weighted by Crippen LogP contribution is 2.32. The van der Waals surface area contributed by atoms with Crippen LogP contribution in [0.5, 0.6) is 5.75 Å². The molecule has 0 bridgehead atoms. The molecule has 100 valence electrons. The topological polar surface area (TPSA) is 111 Å². The fourth-order valence-corrected chi connectivity index (χ4v) is 1.30. The van der Waals surface area contributed by atoms with Gasteiger partial charge in [0.15, 0.2) is 0 Å². The first kappa shape index (κ1) is 14.0. The van der Waals surface area contributed by atoms with Gasteiger partial charge < -0.3 is 21.3 Å². The van der Waals surface area contributed by atoms with E-state index in [2.05, 4.69) is 9.72 Å². The second-order valence-corrected chi connectivity index (χ2v) is 3.30. The lowest BCUT2D eigenvalue weighted by atomic mass is 10.1. The fraction of sp³-hybridized carbons (Fsp3) is 0.333. The van der Waals surface area contributed by atoms with Crippen LogP contribution in [0.15, 0.2) is 6.20 Å². The van der Waals surface area contributed by atoms with Gasteiger partial charge in [0, 0.05) is 23.9 Å². The quantitative estimate of drug-likeness (QED) is 0.736. The highest BCUT2D eigenvalue weighted by Gasteiger charge is 2.34. The molecule has 0 aliphatic heterocycles. The van der Waals surface area contributed by atoms with Crippen LogP contribution in [-0.4, -0.2) is 22.4 Å². The summed E-state index contributed by atoms with van der Waals surface area (Å²) in [5.74, 6) is -2.39. The van der Waals surface area contributed by atoms with Crippen LogP contribution in [0.1, 0.15) is 11.1 Å². The van der Waals surface area contributed by atoms with E-state index in [-0.39, 0.29) is 23.5 Å². The van der Waals surface area contributed by atoms with Crippen molar-refractivity contribution < 1.29 is 27.8 Å². The molecule has 0 saturated carbocycles. The third-order valence-corrected chi connectivity index (χ3v) is 2.00. The largest absolute Gasteiger partial charge is 0.573 e. The molecule has 18 heavy (non-hydrogen) atoms. The molecule has 1 aromatic rings. The number of aliphatic carboxylic acids is 1. The highest BCUT2D eigenvalue weighted by molar-refractivity contribution is 5.74. The van der Waals surface area contributed by atoms with Gasteiger partial charge in [-0.1, -0.05) is 0 Å². The van der Waals surface area contributed by atoms with E-state index in [1.165, 1.54) is 0 Å². The summed E-state index contributed by atoms with van der Waals surface area (Å²) in [5, 5.41) is 8.63. The average Bonchev–Trinajstić information content (AvgIpc) is 2.21. The van der Waals surface area contributed by atoms with Crippen LogP contribution in [0, 0.1) is 0 Å². The molecule has 6 nitrogen and oxygen atoms in total. The molecule has 0 fully saturated rings. The zero-order valence-corrected chi connectivity index (χ0v) is 8.99. The van der Waals surface area contributed by atoms with Crippen molar-refractivity contribution in [3.8, 4) is 5.75 Å². The zero-order chi connectivity index (χ0) is 13.9. The average molecular weight is 265 g/mol. The maximum absolute atomic E-state index is 12.2. The molecular weight excluding hydrogens is 255 g/mol. The third kappa shape index (κ3) is 3.48. The van der Waals surface area contributed by atoms with Crippen molar-refractivity contribution in [3.63, 3.8) is 0 Å². The van der Waals surface area contributed by atoms with E-state index >= 15 is 0 Å². The summed E-state index contributed by atoms with van der Waals surface area (Å²) in [4.78, 5) is 14.2. The van der Waals surface area contributed by atoms with Gasteiger partial charge in [0.25, 0.3) is 0 Å². The van der Waals surface area contributed by atoms with Crippen molar-refractivity contribution in [2.24, 2.45) is 5.73 Å². The van der Waals surface area contributed by atoms with Gasteiger partial charge in [-0.2, -0.15) is 0 Å². The van der Waals surface area contributed by atoms with Crippen LogP contribution in [0.3, 0.4) is 0 Å². The predicted molar refractivity (Wildman–Crippen MR) is 54.6 cm³/mol. The number of aromatic nitrogens is 1. The summed E-state index contributed by atoms with van der Waals surface area (Å²) in [6.45, 7) is -0.286. The van der Waals surface area contributed by atoms with E-state index in [0.717, 1.165) is 6.20 Å². The number of hydrogen-bond acceptors (Lipinski definition) is 5. The molecule has 0 aromatic carbocycles. The molecule has 5 N–H and O–H groups in total. The summed E-state index contributed by atoms with van der Waals surface area (Å²) >= 11 is 0. The van der Waals surface area contributed by atoms with Crippen LogP contribution in [-0.2, 0) is 17.8 Å². The van der Waals surface area contributed by atoms with E-state index in [1.54, 1.807) is 0 Å². The van der Waals surface area contributed by atoms with E-state index in [4.69, 9.17) is 16.6 Å². The molecule has 0 amide bonds. The Morgan fingerprint density at radius 1 is 1.50 bits per heavy atom. The molecule has 0 unspecified atom stereocenters. The molecule has 1 heterocycles. The number of hydrogen-bond donors (Lipinski definition) is 3. The van der Waals surface area contributed by atoms with Gasteiger partial charge >= 0.3 is 12.3 Å². The summed E-state index contributed by atoms with van der Waals surface area (Å²) < 4.78 is 40.5. The number of rotatable bonds is 4. The van der Waals surface area contributed by atoms with Crippen molar-refractivity contribution >= 4 is 11.8 Å². The van der Waals surface area contributed by atoms with E-state index in [0.29, 0.717) is 0 Å². The minimum Gasteiger partial charge on any atom is -0.481 e. The molecule has 0 spiro atoms. The Labute approximate surface area is 99.4 Å². The normalized spacial score (nSPS) is 11.3. The first-order valence-electron chi connectivity index (χ1n) is 4.68. The Balaban J connectivity index is 3.31.